The lowest BCUT2D eigenvalue weighted by Crippen LogP contribution is -2.25. The number of hydrogen-bond acceptors (Lipinski definition) is 4. The van der Waals surface area contributed by atoms with Gasteiger partial charge >= 0.3 is 0 Å². The van der Waals surface area contributed by atoms with Crippen molar-refractivity contribution in [2.75, 3.05) is 4.90 Å². The van der Waals surface area contributed by atoms with Gasteiger partial charge in [0.1, 0.15) is 6.33 Å². The molecular weight excluding hydrogens is 315 g/mol. The summed E-state index contributed by atoms with van der Waals surface area (Å²) in [5.74, 6) is -0.0126. The first kappa shape index (κ1) is 17.0. The van der Waals surface area contributed by atoms with Crippen LogP contribution in [0.3, 0.4) is 0 Å². The van der Waals surface area contributed by atoms with Crippen LogP contribution in [0.2, 0.25) is 0 Å². The van der Waals surface area contributed by atoms with Crippen LogP contribution in [0.15, 0.2) is 55.1 Å². The Hall–Kier alpha value is -2.82. The maximum Gasteiger partial charge on any atom is 0.187 e. The molecular formula is C20H21FN4. The summed E-state index contributed by atoms with van der Waals surface area (Å²) in [6.07, 6.45) is 5.50. The normalized spacial score (nSPS) is 10.7. The number of rotatable bonds is 6. The number of anilines is 1. The predicted molar refractivity (Wildman–Crippen MR) is 96.7 cm³/mol. The van der Waals surface area contributed by atoms with E-state index < -0.39 is 0 Å². The van der Waals surface area contributed by atoms with Crippen LogP contribution in [0.25, 0.3) is 0 Å². The van der Waals surface area contributed by atoms with Gasteiger partial charge in [0.2, 0.25) is 0 Å². The molecule has 0 amide bonds. The molecule has 0 aliphatic rings. The van der Waals surface area contributed by atoms with E-state index in [1.54, 1.807) is 12.4 Å². The summed E-state index contributed by atoms with van der Waals surface area (Å²) in [5, 5.41) is 0. The molecule has 0 N–H and O–H groups in total. The third-order valence-electron chi connectivity index (χ3n) is 4.20. The third kappa shape index (κ3) is 3.99. The summed E-state index contributed by atoms with van der Waals surface area (Å²) >= 11 is 0. The first-order chi connectivity index (χ1) is 12.2. The van der Waals surface area contributed by atoms with Gasteiger partial charge in [0, 0.05) is 25.5 Å². The Morgan fingerprint density at radius 1 is 1.04 bits per heavy atom. The molecule has 4 nitrogen and oxygen atoms in total. The predicted octanol–water partition coefficient (Wildman–Crippen LogP) is 4.09. The van der Waals surface area contributed by atoms with Crippen LogP contribution in [0.5, 0.6) is 0 Å². The average Bonchev–Trinajstić information content (AvgIpc) is 2.64. The van der Waals surface area contributed by atoms with E-state index in [9.17, 15) is 4.39 Å². The summed E-state index contributed by atoms with van der Waals surface area (Å²) in [4.78, 5) is 14.4. The zero-order valence-corrected chi connectivity index (χ0v) is 14.5. The van der Waals surface area contributed by atoms with Crippen molar-refractivity contribution in [3.05, 3.63) is 83.3 Å². The molecule has 0 unspecified atom stereocenters. The molecule has 25 heavy (non-hydrogen) atoms. The maximum atomic E-state index is 14.8. The highest BCUT2D eigenvalue weighted by atomic mass is 19.1. The second-order valence-electron chi connectivity index (χ2n) is 5.96. The van der Waals surface area contributed by atoms with E-state index in [1.807, 2.05) is 36.1 Å². The van der Waals surface area contributed by atoms with Gasteiger partial charge in [0.25, 0.3) is 0 Å². The Morgan fingerprint density at radius 3 is 2.60 bits per heavy atom. The third-order valence-corrected chi connectivity index (χ3v) is 4.20. The number of nitrogens with zero attached hydrogens (tertiary/aromatic N) is 4. The van der Waals surface area contributed by atoms with Crippen molar-refractivity contribution in [1.82, 2.24) is 15.0 Å². The van der Waals surface area contributed by atoms with Crippen LogP contribution < -0.4 is 4.90 Å². The number of aryl methyl sites for hydroxylation is 2. The molecule has 0 atom stereocenters. The second-order valence-corrected chi connectivity index (χ2v) is 5.96. The van der Waals surface area contributed by atoms with Crippen molar-refractivity contribution in [1.29, 1.82) is 0 Å². The van der Waals surface area contributed by atoms with E-state index in [1.165, 1.54) is 11.9 Å². The molecule has 0 aliphatic carbocycles. The van der Waals surface area contributed by atoms with Gasteiger partial charge in [-0.2, -0.15) is 0 Å². The van der Waals surface area contributed by atoms with Gasteiger partial charge in [-0.15, -0.1) is 0 Å². The summed E-state index contributed by atoms with van der Waals surface area (Å²) < 4.78 is 14.8. The van der Waals surface area contributed by atoms with Crippen LogP contribution in [0.4, 0.5) is 10.2 Å². The fourth-order valence-corrected chi connectivity index (χ4v) is 2.77. The lowest BCUT2D eigenvalue weighted by Gasteiger charge is -2.25. The highest BCUT2D eigenvalue weighted by Gasteiger charge is 2.18. The van der Waals surface area contributed by atoms with Gasteiger partial charge in [-0.05, 0) is 36.1 Å². The average molecular weight is 336 g/mol. The first-order valence-corrected chi connectivity index (χ1v) is 8.36. The quantitative estimate of drug-likeness (QED) is 0.680. The van der Waals surface area contributed by atoms with E-state index in [4.69, 9.17) is 0 Å². The number of halogens is 1. The van der Waals surface area contributed by atoms with E-state index in [0.29, 0.717) is 31.0 Å². The lowest BCUT2D eigenvalue weighted by molar-refractivity contribution is 0.580. The zero-order valence-electron chi connectivity index (χ0n) is 14.5. The van der Waals surface area contributed by atoms with E-state index in [-0.39, 0.29) is 5.82 Å². The van der Waals surface area contributed by atoms with E-state index in [0.717, 1.165) is 11.1 Å². The smallest absolute Gasteiger partial charge is 0.187 e. The molecule has 0 radical (unpaired) electrons. The van der Waals surface area contributed by atoms with Crippen molar-refractivity contribution in [3.63, 3.8) is 0 Å². The van der Waals surface area contributed by atoms with E-state index in [2.05, 4.69) is 34.0 Å². The Labute approximate surface area is 147 Å². The molecule has 2 heterocycles. The Morgan fingerprint density at radius 2 is 1.88 bits per heavy atom. The number of benzene rings is 1. The minimum Gasteiger partial charge on any atom is -0.345 e. The highest BCUT2D eigenvalue weighted by Crippen LogP contribution is 2.23. The molecule has 0 saturated heterocycles. The molecule has 0 saturated carbocycles. The van der Waals surface area contributed by atoms with Gasteiger partial charge in [-0.3, -0.25) is 4.98 Å². The van der Waals surface area contributed by atoms with Crippen LogP contribution in [-0.2, 0) is 19.5 Å². The summed E-state index contributed by atoms with van der Waals surface area (Å²) in [6, 6.07) is 12.0. The molecule has 3 rings (SSSR count). The zero-order chi connectivity index (χ0) is 17.6. The van der Waals surface area contributed by atoms with Crippen molar-refractivity contribution >= 4 is 5.82 Å². The SMILES string of the molecule is CCc1ncnc(N(Cc2cccnc2)Cc2ccccc2C)c1F. The maximum absolute atomic E-state index is 14.8. The van der Waals surface area contributed by atoms with Gasteiger partial charge in [0.05, 0.1) is 5.69 Å². The second kappa shape index (κ2) is 7.83. The van der Waals surface area contributed by atoms with Crippen LogP contribution in [0, 0.1) is 12.7 Å². The van der Waals surface area contributed by atoms with Gasteiger partial charge in [-0.25, -0.2) is 14.4 Å². The molecule has 1 aromatic carbocycles. The van der Waals surface area contributed by atoms with Gasteiger partial charge in [0.15, 0.2) is 11.6 Å². The fourth-order valence-electron chi connectivity index (χ4n) is 2.77. The van der Waals surface area contributed by atoms with Crippen LogP contribution >= 0.6 is 0 Å². The monoisotopic (exact) mass is 336 g/mol. The number of pyridine rings is 1. The molecule has 0 fully saturated rings. The van der Waals surface area contributed by atoms with Crippen molar-refractivity contribution in [2.45, 2.75) is 33.4 Å². The standard InChI is InChI=1S/C20H21FN4/c1-3-18-19(21)20(24-14-23-18)25(12-16-8-6-10-22-11-16)13-17-9-5-4-7-15(17)2/h4-11,14H,3,12-13H2,1-2H3. The van der Waals surface area contributed by atoms with Gasteiger partial charge < -0.3 is 4.90 Å². The van der Waals surface area contributed by atoms with E-state index >= 15 is 0 Å². The Kier molecular flexibility index (Phi) is 5.33. The molecule has 0 aliphatic heterocycles. The van der Waals surface area contributed by atoms with Gasteiger partial charge in [-0.1, -0.05) is 37.3 Å². The molecule has 3 aromatic rings. The first-order valence-electron chi connectivity index (χ1n) is 8.36. The number of aromatic nitrogens is 3. The van der Waals surface area contributed by atoms with Crippen molar-refractivity contribution in [2.24, 2.45) is 0 Å². The largest absolute Gasteiger partial charge is 0.345 e. The Balaban J connectivity index is 1.98. The Bertz CT molecular complexity index is 836. The molecule has 5 heteroatoms. The van der Waals surface area contributed by atoms with Crippen LogP contribution in [0.1, 0.15) is 29.3 Å². The van der Waals surface area contributed by atoms with Crippen LogP contribution in [-0.4, -0.2) is 15.0 Å². The molecule has 0 spiro atoms. The molecule has 2 aromatic heterocycles. The summed E-state index contributed by atoms with van der Waals surface area (Å²) in [7, 11) is 0. The minimum atomic E-state index is -0.345. The number of hydrogen-bond donors (Lipinski definition) is 0. The topological polar surface area (TPSA) is 41.9 Å². The summed E-state index contributed by atoms with van der Waals surface area (Å²) in [6.45, 7) is 5.05. The molecule has 128 valence electrons. The summed E-state index contributed by atoms with van der Waals surface area (Å²) in [5.41, 5.74) is 3.75. The van der Waals surface area contributed by atoms with Crippen molar-refractivity contribution < 1.29 is 4.39 Å². The highest BCUT2D eigenvalue weighted by molar-refractivity contribution is 5.44. The minimum absolute atomic E-state index is 0.332. The molecule has 0 bridgehead atoms. The fraction of sp³-hybridized carbons (Fsp3) is 0.250. The lowest BCUT2D eigenvalue weighted by atomic mass is 10.1. The van der Waals surface area contributed by atoms with Crippen molar-refractivity contribution in [3.8, 4) is 0 Å².